The SMILES string of the molecule is CCC(C)N(C(=O)C(CCSC)NC(=O)OC(C)(C)C)C(C(=O)Nc1ccc(OC)cc1)c1ccccc1O. The minimum absolute atomic E-state index is 0.116. The summed E-state index contributed by atoms with van der Waals surface area (Å²) in [6, 6.07) is 10.7. The van der Waals surface area contributed by atoms with Crippen LogP contribution in [0, 0.1) is 0 Å². The van der Waals surface area contributed by atoms with Crippen molar-refractivity contribution in [3.8, 4) is 11.5 Å². The van der Waals surface area contributed by atoms with E-state index in [0.29, 0.717) is 30.0 Å². The Balaban J connectivity index is 2.54. The van der Waals surface area contributed by atoms with Gasteiger partial charge in [0.2, 0.25) is 5.91 Å². The zero-order chi connectivity index (χ0) is 29.2. The molecular formula is C29H41N3O6S. The van der Waals surface area contributed by atoms with Gasteiger partial charge in [0, 0.05) is 17.3 Å². The molecule has 2 aromatic rings. The second kappa shape index (κ2) is 14.7. The molecule has 3 unspecified atom stereocenters. The van der Waals surface area contributed by atoms with Crippen molar-refractivity contribution in [1.29, 1.82) is 0 Å². The molecule has 214 valence electrons. The van der Waals surface area contributed by atoms with Gasteiger partial charge in [-0.25, -0.2) is 4.79 Å². The van der Waals surface area contributed by atoms with Gasteiger partial charge in [0.1, 0.15) is 29.2 Å². The standard InChI is InChI=1S/C29H41N3O6S/c1-8-19(2)32(27(35)23(17-18-39-7)31-28(36)38-29(3,4)5)25(22-11-9-10-12-24(22)33)26(34)30-20-13-15-21(37-6)16-14-20/h9-16,19,23,25,33H,8,17-18H2,1-7H3,(H,30,34)(H,31,36). The number of nitrogens with zero attached hydrogens (tertiary/aromatic N) is 1. The lowest BCUT2D eigenvalue weighted by molar-refractivity contribution is -0.143. The molecule has 0 aliphatic heterocycles. The molecule has 0 saturated carbocycles. The number of hydrogen-bond donors (Lipinski definition) is 3. The molecule has 0 spiro atoms. The maximum absolute atomic E-state index is 14.2. The first-order chi connectivity index (χ1) is 18.4. The zero-order valence-electron chi connectivity index (χ0n) is 23.8. The van der Waals surface area contributed by atoms with Crippen molar-refractivity contribution in [3.63, 3.8) is 0 Å². The number of hydrogen-bond acceptors (Lipinski definition) is 7. The number of benzene rings is 2. The van der Waals surface area contributed by atoms with Gasteiger partial charge in [-0.15, -0.1) is 0 Å². The van der Waals surface area contributed by atoms with E-state index in [1.807, 2.05) is 20.1 Å². The second-order valence-corrected chi connectivity index (χ2v) is 11.1. The Morgan fingerprint density at radius 3 is 2.26 bits per heavy atom. The van der Waals surface area contributed by atoms with Crippen LogP contribution in [0.1, 0.15) is 59.1 Å². The summed E-state index contributed by atoms with van der Waals surface area (Å²) in [6.45, 7) is 8.98. The maximum atomic E-state index is 14.2. The molecule has 2 aromatic carbocycles. The van der Waals surface area contributed by atoms with Gasteiger partial charge in [0.05, 0.1) is 7.11 Å². The Bertz CT molecular complexity index is 1100. The van der Waals surface area contributed by atoms with Crippen LogP contribution in [-0.2, 0) is 14.3 Å². The molecule has 10 heteroatoms. The van der Waals surface area contributed by atoms with E-state index in [1.165, 1.54) is 22.7 Å². The van der Waals surface area contributed by atoms with Crippen LogP contribution in [0.25, 0.3) is 0 Å². The minimum Gasteiger partial charge on any atom is -0.508 e. The highest BCUT2D eigenvalue weighted by Crippen LogP contribution is 2.33. The Hall–Kier alpha value is -3.40. The minimum atomic E-state index is -1.17. The smallest absolute Gasteiger partial charge is 0.408 e. The topological polar surface area (TPSA) is 117 Å². The number of phenolic OH excluding ortho intramolecular Hbond substituents is 1. The molecular weight excluding hydrogens is 518 g/mol. The number of thioether (sulfide) groups is 1. The number of amides is 3. The summed E-state index contributed by atoms with van der Waals surface area (Å²) in [4.78, 5) is 42.2. The van der Waals surface area contributed by atoms with Gasteiger partial charge in [-0.05, 0) is 82.9 Å². The van der Waals surface area contributed by atoms with Crippen LogP contribution < -0.4 is 15.4 Å². The normalized spacial score (nSPS) is 13.5. The van der Waals surface area contributed by atoms with Crippen LogP contribution in [-0.4, -0.2) is 64.7 Å². The number of alkyl carbamates (subject to hydrolysis) is 1. The highest BCUT2D eigenvalue weighted by molar-refractivity contribution is 7.98. The van der Waals surface area contributed by atoms with Crippen LogP contribution in [0.5, 0.6) is 11.5 Å². The second-order valence-electron chi connectivity index (χ2n) is 10.2. The molecule has 0 saturated heterocycles. The fraction of sp³-hybridized carbons (Fsp3) is 0.483. The highest BCUT2D eigenvalue weighted by atomic mass is 32.2. The van der Waals surface area contributed by atoms with Crippen LogP contribution in [0.3, 0.4) is 0 Å². The number of ether oxygens (including phenoxy) is 2. The molecule has 0 aliphatic rings. The summed E-state index contributed by atoms with van der Waals surface area (Å²) < 4.78 is 10.6. The van der Waals surface area contributed by atoms with Gasteiger partial charge < -0.3 is 30.1 Å². The number of anilines is 1. The molecule has 0 aliphatic carbocycles. The monoisotopic (exact) mass is 559 g/mol. The van der Waals surface area contributed by atoms with Crippen molar-refractivity contribution >= 4 is 35.4 Å². The van der Waals surface area contributed by atoms with E-state index < -0.39 is 41.6 Å². The molecule has 0 radical (unpaired) electrons. The van der Waals surface area contributed by atoms with E-state index in [2.05, 4.69) is 10.6 Å². The number of nitrogens with one attached hydrogen (secondary N) is 2. The molecule has 0 aromatic heterocycles. The maximum Gasteiger partial charge on any atom is 0.408 e. The summed E-state index contributed by atoms with van der Waals surface area (Å²) in [6.07, 6.45) is 2.06. The lowest BCUT2D eigenvalue weighted by Crippen LogP contribution is -2.55. The van der Waals surface area contributed by atoms with Gasteiger partial charge in [-0.2, -0.15) is 11.8 Å². The molecule has 2 rings (SSSR count). The summed E-state index contributed by atoms with van der Waals surface area (Å²) in [5.41, 5.74) is 0.0335. The Morgan fingerprint density at radius 2 is 1.72 bits per heavy atom. The van der Waals surface area contributed by atoms with Crippen molar-refractivity contribution in [2.75, 3.05) is 24.4 Å². The first-order valence-electron chi connectivity index (χ1n) is 12.9. The van der Waals surface area contributed by atoms with Gasteiger partial charge in [0.15, 0.2) is 0 Å². The van der Waals surface area contributed by atoms with Crippen LogP contribution in [0.2, 0.25) is 0 Å². The molecule has 39 heavy (non-hydrogen) atoms. The number of carbonyl (C=O) groups is 3. The molecule has 3 N–H and O–H groups in total. The van der Waals surface area contributed by atoms with Crippen molar-refractivity contribution in [2.45, 2.75) is 71.2 Å². The predicted molar refractivity (Wildman–Crippen MR) is 155 cm³/mol. The number of methoxy groups -OCH3 is 1. The molecule has 3 amide bonds. The third-order valence-corrected chi connectivity index (χ3v) is 6.68. The number of rotatable bonds is 12. The lowest BCUT2D eigenvalue weighted by Gasteiger charge is -2.38. The summed E-state index contributed by atoms with van der Waals surface area (Å²) >= 11 is 1.54. The molecule has 9 nitrogen and oxygen atoms in total. The third kappa shape index (κ3) is 9.38. The fourth-order valence-electron chi connectivity index (χ4n) is 3.94. The van der Waals surface area contributed by atoms with Gasteiger partial charge >= 0.3 is 6.09 Å². The average molecular weight is 560 g/mol. The molecule has 0 bridgehead atoms. The Morgan fingerprint density at radius 1 is 1.08 bits per heavy atom. The summed E-state index contributed by atoms with van der Waals surface area (Å²) in [5.74, 6) is 0.166. The quantitative estimate of drug-likeness (QED) is 0.321. The molecule has 0 fully saturated rings. The van der Waals surface area contributed by atoms with E-state index in [-0.39, 0.29) is 11.3 Å². The Kier molecular flexibility index (Phi) is 12.0. The van der Waals surface area contributed by atoms with Gasteiger partial charge in [-0.3, -0.25) is 9.59 Å². The lowest BCUT2D eigenvalue weighted by atomic mass is 9.98. The van der Waals surface area contributed by atoms with Crippen molar-refractivity contribution < 1.29 is 29.0 Å². The highest BCUT2D eigenvalue weighted by Gasteiger charge is 2.39. The van der Waals surface area contributed by atoms with E-state index in [9.17, 15) is 19.5 Å². The predicted octanol–water partition coefficient (Wildman–Crippen LogP) is 5.35. The van der Waals surface area contributed by atoms with E-state index >= 15 is 0 Å². The average Bonchev–Trinajstić information content (AvgIpc) is 2.88. The van der Waals surface area contributed by atoms with Crippen LogP contribution in [0.15, 0.2) is 48.5 Å². The summed E-state index contributed by atoms with van der Waals surface area (Å²) in [5, 5.41) is 16.4. The van der Waals surface area contributed by atoms with Crippen molar-refractivity contribution in [3.05, 3.63) is 54.1 Å². The number of phenols is 1. The zero-order valence-corrected chi connectivity index (χ0v) is 24.6. The molecule has 3 atom stereocenters. The number of aromatic hydroxyl groups is 1. The van der Waals surface area contributed by atoms with Gasteiger partial charge in [0.25, 0.3) is 5.91 Å². The van der Waals surface area contributed by atoms with Crippen molar-refractivity contribution in [1.82, 2.24) is 10.2 Å². The third-order valence-electron chi connectivity index (χ3n) is 6.04. The van der Waals surface area contributed by atoms with Crippen LogP contribution in [0.4, 0.5) is 10.5 Å². The Labute approximate surface area is 235 Å². The number of carbonyl (C=O) groups excluding carboxylic acids is 3. The molecule has 0 heterocycles. The van der Waals surface area contributed by atoms with Crippen LogP contribution >= 0.6 is 11.8 Å². The van der Waals surface area contributed by atoms with Gasteiger partial charge in [-0.1, -0.05) is 25.1 Å². The first kappa shape index (κ1) is 31.8. The van der Waals surface area contributed by atoms with E-state index in [0.717, 1.165) is 0 Å². The van der Waals surface area contributed by atoms with E-state index in [4.69, 9.17) is 9.47 Å². The fourth-order valence-corrected chi connectivity index (χ4v) is 4.41. The number of para-hydroxylation sites is 1. The first-order valence-corrected chi connectivity index (χ1v) is 14.3. The largest absolute Gasteiger partial charge is 0.508 e. The summed E-state index contributed by atoms with van der Waals surface area (Å²) in [7, 11) is 1.55. The van der Waals surface area contributed by atoms with Crippen molar-refractivity contribution in [2.24, 2.45) is 0 Å². The van der Waals surface area contributed by atoms with E-state index in [1.54, 1.807) is 70.3 Å².